The molecule has 0 saturated carbocycles. The first-order valence-corrected chi connectivity index (χ1v) is 6.57. The molecule has 0 aliphatic heterocycles. The summed E-state index contributed by atoms with van der Waals surface area (Å²) in [6, 6.07) is 14.9. The highest BCUT2D eigenvalue weighted by Gasteiger charge is 2.19. The van der Waals surface area contributed by atoms with E-state index >= 15 is 0 Å². The lowest BCUT2D eigenvalue weighted by atomic mass is 10.0. The highest BCUT2D eigenvalue weighted by molar-refractivity contribution is 7.99. The van der Waals surface area contributed by atoms with E-state index in [0.717, 1.165) is 10.6 Å². The van der Waals surface area contributed by atoms with Crippen molar-refractivity contribution in [2.45, 2.75) is 10.9 Å². The lowest BCUT2D eigenvalue weighted by molar-refractivity contribution is -0.138. The molecular weight excluding hydrogens is 246 g/mol. The summed E-state index contributed by atoms with van der Waals surface area (Å²) < 4.78 is 0. The summed E-state index contributed by atoms with van der Waals surface area (Å²) in [6.07, 6.45) is 1.71. The molecule has 3 nitrogen and oxygen atoms in total. The van der Waals surface area contributed by atoms with Gasteiger partial charge in [-0.1, -0.05) is 36.4 Å². The van der Waals surface area contributed by atoms with Crippen LogP contribution in [0.25, 0.3) is 0 Å². The molecule has 2 aromatic rings. The summed E-state index contributed by atoms with van der Waals surface area (Å²) in [5.41, 5.74) is 0.827. The number of hydrogen-bond donors (Lipinski definition) is 1. The monoisotopic (exact) mass is 259 g/mol. The van der Waals surface area contributed by atoms with Crippen LogP contribution in [0.2, 0.25) is 0 Å². The smallest absolute Gasteiger partial charge is 0.311 e. The van der Waals surface area contributed by atoms with Crippen molar-refractivity contribution in [3.63, 3.8) is 0 Å². The molecule has 4 heteroatoms. The summed E-state index contributed by atoms with van der Waals surface area (Å²) in [5, 5.41) is 10.1. The van der Waals surface area contributed by atoms with Gasteiger partial charge < -0.3 is 5.11 Å². The summed E-state index contributed by atoms with van der Waals surface area (Å²) in [6.45, 7) is 0. The van der Waals surface area contributed by atoms with Crippen LogP contribution in [0.3, 0.4) is 0 Å². The van der Waals surface area contributed by atoms with Crippen molar-refractivity contribution in [3.8, 4) is 0 Å². The Labute approximate surface area is 110 Å². The third kappa shape index (κ3) is 3.34. The van der Waals surface area contributed by atoms with Crippen molar-refractivity contribution in [3.05, 3.63) is 60.3 Å². The fourth-order valence-corrected chi connectivity index (χ4v) is 2.58. The molecule has 1 heterocycles. The molecule has 0 aliphatic rings. The number of rotatable bonds is 5. The molecule has 1 N–H and O–H groups in total. The van der Waals surface area contributed by atoms with Crippen LogP contribution in [0.4, 0.5) is 0 Å². The van der Waals surface area contributed by atoms with E-state index in [0.29, 0.717) is 5.75 Å². The van der Waals surface area contributed by atoms with E-state index < -0.39 is 11.9 Å². The fraction of sp³-hybridized carbons (Fsp3) is 0.143. The van der Waals surface area contributed by atoms with Crippen LogP contribution < -0.4 is 0 Å². The average Bonchev–Trinajstić information content (AvgIpc) is 2.41. The normalized spacial score (nSPS) is 12.0. The Balaban J connectivity index is 2.06. The molecule has 1 unspecified atom stereocenters. The minimum atomic E-state index is -0.801. The summed E-state index contributed by atoms with van der Waals surface area (Å²) in [7, 11) is 0. The Morgan fingerprint density at radius 2 is 1.89 bits per heavy atom. The molecule has 2 rings (SSSR count). The Kier molecular flexibility index (Phi) is 4.36. The summed E-state index contributed by atoms with van der Waals surface area (Å²) >= 11 is 1.46. The van der Waals surface area contributed by atoms with Gasteiger partial charge in [0.15, 0.2) is 0 Å². The third-order valence-corrected chi connectivity index (χ3v) is 3.57. The van der Waals surface area contributed by atoms with Gasteiger partial charge in [-0.2, -0.15) is 0 Å². The van der Waals surface area contributed by atoms with Gasteiger partial charge in [0.05, 0.1) is 10.9 Å². The number of carboxylic acid groups (broad SMARTS) is 1. The van der Waals surface area contributed by atoms with E-state index in [9.17, 15) is 9.90 Å². The predicted molar refractivity (Wildman–Crippen MR) is 71.8 cm³/mol. The molecule has 92 valence electrons. The molecule has 0 saturated heterocycles. The van der Waals surface area contributed by atoms with Crippen LogP contribution in [-0.2, 0) is 4.79 Å². The van der Waals surface area contributed by atoms with Crippen molar-refractivity contribution in [1.82, 2.24) is 4.98 Å². The number of carbonyl (C=O) groups is 1. The zero-order chi connectivity index (χ0) is 12.8. The van der Waals surface area contributed by atoms with Crippen molar-refractivity contribution >= 4 is 17.7 Å². The second kappa shape index (κ2) is 6.21. The van der Waals surface area contributed by atoms with Crippen LogP contribution in [0.1, 0.15) is 11.5 Å². The number of carboxylic acids is 1. The van der Waals surface area contributed by atoms with Gasteiger partial charge in [-0.15, -0.1) is 11.8 Å². The maximum Gasteiger partial charge on any atom is 0.311 e. The lowest BCUT2D eigenvalue weighted by Gasteiger charge is -2.11. The topological polar surface area (TPSA) is 50.2 Å². The molecular formula is C14H13NO2S. The SMILES string of the molecule is O=C(O)C(CSc1ccccn1)c1ccccc1. The molecule has 1 aromatic heterocycles. The van der Waals surface area contributed by atoms with E-state index in [1.807, 2.05) is 48.5 Å². The number of nitrogens with zero attached hydrogens (tertiary/aromatic N) is 1. The quantitative estimate of drug-likeness (QED) is 0.838. The maximum atomic E-state index is 11.3. The Morgan fingerprint density at radius 3 is 2.50 bits per heavy atom. The van der Waals surface area contributed by atoms with Gasteiger partial charge in [0.1, 0.15) is 0 Å². The third-order valence-electron chi connectivity index (χ3n) is 2.54. The van der Waals surface area contributed by atoms with Crippen molar-refractivity contribution in [2.75, 3.05) is 5.75 Å². The second-order valence-electron chi connectivity index (χ2n) is 3.78. The highest BCUT2D eigenvalue weighted by Crippen LogP contribution is 2.25. The van der Waals surface area contributed by atoms with Crippen LogP contribution >= 0.6 is 11.8 Å². The minimum Gasteiger partial charge on any atom is -0.481 e. The van der Waals surface area contributed by atoms with Crippen molar-refractivity contribution in [1.29, 1.82) is 0 Å². The Morgan fingerprint density at radius 1 is 1.17 bits per heavy atom. The molecule has 0 aliphatic carbocycles. The minimum absolute atomic E-state index is 0.483. The standard InChI is InChI=1S/C14H13NO2S/c16-14(17)12(11-6-2-1-3-7-11)10-18-13-8-4-5-9-15-13/h1-9,12H,10H2,(H,16,17). The molecule has 1 atom stereocenters. The fourth-order valence-electron chi connectivity index (χ4n) is 1.60. The highest BCUT2D eigenvalue weighted by atomic mass is 32.2. The maximum absolute atomic E-state index is 11.3. The lowest BCUT2D eigenvalue weighted by Crippen LogP contribution is -2.14. The van der Waals surface area contributed by atoms with Gasteiger partial charge in [-0.3, -0.25) is 4.79 Å². The molecule has 0 bridgehead atoms. The molecule has 1 aromatic carbocycles. The van der Waals surface area contributed by atoms with Crippen LogP contribution in [-0.4, -0.2) is 21.8 Å². The van der Waals surface area contributed by atoms with E-state index in [1.54, 1.807) is 6.20 Å². The van der Waals surface area contributed by atoms with Crippen LogP contribution in [0.15, 0.2) is 59.8 Å². The average molecular weight is 259 g/mol. The molecule has 0 amide bonds. The first-order valence-electron chi connectivity index (χ1n) is 5.59. The van der Waals surface area contributed by atoms with Gasteiger partial charge in [-0.05, 0) is 17.7 Å². The molecule has 0 radical (unpaired) electrons. The van der Waals surface area contributed by atoms with Crippen LogP contribution in [0, 0.1) is 0 Å². The van der Waals surface area contributed by atoms with Crippen molar-refractivity contribution < 1.29 is 9.90 Å². The van der Waals surface area contributed by atoms with E-state index in [2.05, 4.69) is 4.98 Å². The number of benzene rings is 1. The molecule has 0 fully saturated rings. The predicted octanol–water partition coefficient (Wildman–Crippen LogP) is 3.04. The first-order chi connectivity index (χ1) is 8.77. The number of hydrogen-bond acceptors (Lipinski definition) is 3. The molecule has 18 heavy (non-hydrogen) atoms. The first kappa shape index (κ1) is 12.6. The second-order valence-corrected chi connectivity index (χ2v) is 4.82. The van der Waals surface area contributed by atoms with Gasteiger partial charge in [0.25, 0.3) is 0 Å². The Hall–Kier alpha value is -1.81. The van der Waals surface area contributed by atoms with Crippen molar-refractivity contribution in [2.24, 2.45) is 0 Å². The molecule has 0 spiro atoms. The van der Waals surface area contributed by atoms with E-state index in [1.165, 1.54) is 11.8 Å². The van der Waals surface area contributed by atoms with E-state index in [-0.39, 0.29) is 0 Å². The zero-order valence-electron chi connectivity index (χ0n) is 9.69. The number of thioether (sulfide) groups is 1. The largest absolute Gasteiger partial charge is 0.481 e. The van der Waals surface area contributed by atoms with Gasteiger partial charge in [-0.25, -0.2) is 4.98 Å². The van der Waals surface area contributed by atoms with Gasteiger partial charge >= 0.3 is 5.97 Å². The van der Waals surface area contributed by atoms with Gasteiger partial charge in [0.2, 0.25) is 0 Å². The van der Waals surface area contributed by atoms with E-state index in [4.69, 9.17) is 0 Å². The zero-order valence-corrected chi connectivity index (χ0v) is 10.5. The summed E-state index contributed by atoms with van der Waals surface area (Å²) in [5.74, 6) is -0.820. The van der Waals surface area contributed by atoms with Crippen LogP contribution in [0.5, 0.6) is 0 Å². The number of pyridine rings is 1. The summed E-state index contributed by atoms with van der Waals surface area (Å²) in [4.78, 5) is 15.5. The number of aliphatic carboxylic acids is 1. The van der Waals surface area contributed by atoms with Gasteiger partial charge in [0, 0.05) is 11.9 Å². The number of aromatic nitrogens is 1. The Bertz CT molecular complexity index is 502.